The lowest BCUT2D eigenvalue weighted by Crippen LogP contribution is -2.15. The predicted octanol–water partition coefficient (Wildman–Crippen LogP) is 4.77. The number of hydrogen-bond acceptors (Lipinski definition) is 4. The number of hydrogen-bond donors (Lipinski definition) is 1. The molecule has 1 heterocycles. The summed E-state index contributed by atoms with van der Waals surface area (Å²) in [5, 5.41) is 12.0. The van der Waals surface area contributed by atoms with Crippen LogP contribution in [0, 0.1) is 19.7 Å². The van der Waals surface area contributed by atoms with Crippen LogP contribution in [0.15, 0.2) is 47.6 Å². The third kappa shape index (κ3) is 3.94. The highest BCUT2D eigenvalue weighted by molar-refractivity contribution is 7.99. The summed E-state index contributed by atoms with van der Waals surface area (Å²) in [6.07, 6.45) is 2.03. The second kappa shape index (κ2) is 7.75. The van der Waals surface area contributed by atoms with Gasteiger partial charge in [-0.1, -0.05) is 41.6 Å². The van der Waals surface area contributed by atoms with E-state index in [1.54, 1.807) is 18.2 Å². The fraction of sp³-hybridized carbons (Fsp3) is 0.286. The van der Waals surface area contributed by atoms with E-state index in [9.17, 15) is 9.18 Å². The molecule has 0 bridgehead atoms. The van der Waals surface area contributed by atoms with Crippen LogP contribution in [0.2, 0.25) is 0 Å². The van der Waals surface area contributed by atoms with E-state index in [0.29, 0.717) is 16.5 Å². The third-order valence-corrected chi connectivity index (χ3v) is 5.62. The highest BCUT2D eigenvalue weighted by Crippen LogP contribution is 2.41. The monoisotopic (exact) mass is 396 g/mol. The first-order chi connectivity index (χ1) is 13.5. The molecule has 1 aliphatic carbocycles. The zero-order valence-corrected chi connectivity index (χ0v) is 16.6. The average Bonchev–Trinajstić information content (AvgIpc) is 3.42. The number of carbonyl (C=O) groups excluding carboxylic acids is 1. The number of carbonyl (C=O) groups is 1. The highest BCUT2D eigenvalue weighted by atomic mass is 32.2. The summed E-state index contributed by atoms with van der Waals surface area (Å²) in [4.78, 5) is 12.4. The van der Waals surface area contributed by atoms with E-state index in [1.165, 1.54) is 17.8 Å². The SMILES string of the molecule is Cc1ccc(NC(=O)CSc2nnc(-c3ccccc3F)n2C2CC2)c(C)c1. The molecular formula is C21H21FN4OS. The molecule has 0 aliphatic heterocycles. The van der Waals surface area contributed by atoms with Crippen LogP contribution in [0.25, 0.3) is 11.4 Å². The van der Waals surface area contributed by atoms with E-state index >= 15 is 0 Å². The summed E-state index contributed by atoms with van der Waals surface area (Å²) in [5.41, 5.74) is 3.44. The van der Waals surface area contributed by atoms with Gasteiger partial charge in [0.25, 0.3) is 0 Å². The van der Waals surface area contributed by atoms with Crippen molar-refractivity contribution in [2.45, 2.75) is 37.9 Å². The quantitative estimate of drug-likeness (QED) is 0.610. The topological polar surface area (TPSA) is 59.8 Å². The van der Waals surface area contributed by atoms with Gasteiger partial charge in [0.15, 0.2) is 11.0 Å². The van der Waals surface area contributed by atoms with Crippen LogP contribution in [0.1, 0.15) is 30.0 Å². The number of amides is 1. The number of rotatable bonds is 6. The zero-order chi connectivity index (χ0) is 19.7. The van der Waals surface area contributed by atoms with E-state index in [0.717, 1.165) is 29.7 Å². The van der Waals surface area contributed by atoms with Crippen LogP contribution < -0.4 is 5.32 Å². The smallest absolute Gasteiger partial charge is 0.234 e. The molecule has 1 aliphatic rings. The lowest BCUT2D eigenvalue weighted by Gasteiger charge is -2.10. The zero-order valence-electron chi connectivity index (χ0n) is 15.8. The van der Waals surface area contributed by atoms with Gasteiger partial charge in [0.1, 0.15) is 5.82 Å². The van der Waals surface area contributed by atoms with Gasteiger partial charge in [-0.2, -0.15) is 0 Å². The molecule has 0 radical (unpaired) electrons. The Bertz CT molecular complexity index is 1030. The molecule has 0 atom stereocenters. The van der Waals surface area contributed by atoms with Crippen LogP contribution in [0.4, 0.5) is 10.1 Å². The number of aromatic nitrogens is 3. The molecule has 1 fully saturated rings. The highest BCUT2D eigenvalue weighted by Gasteiger charge is 2.31. The van der Waals surface area contributed by atoms with Crippen molar-refractivity contribution in [2.75, 3.05) is 11.1 Å². The molecule has 3 aromatic rings. The minimum absolute atomic E-state index is 0.102. The molecule has 7 heteroatoms. The summed E-state index contributed by atoms with van der Waals surface area (Å²) in [7, 11) is 0. The van der Waals surface area contributed by atoms with E-state index in [4.69, 9.17) is 0 Å². The van der Waals surface area contributed by atoms with E-state index in [2.05, 4.69) is 15.5 Å². The molecule has 5 nitrogen and oxygen atoms in total. The molecule has 4 rings (SSSR count). The van der Waals surface area contributed by atoms with E-state index < -0.39 is 0 Å². The summed E-state index contributed by atoms with van der Waals surface area (Å²) in [6, 6.07) is 12.8. The number of aryl methyl sites for hydroxylation is 2. The molecule has 1 saturated carbocycles. The first kappa shape index (κ1) is 18.7. The van der Waals surface area contributed by atoms with Crippen molar-refractivity contribution in [3.63, 3.8) is 0 Å². The number of nitrogens with zero attached hydrogens (tertiary/aromatic N) is 3. The van der Waals surface area contributed by atoms with Gasteiger partial charge in [-0.15, -0.1) is 10.2 Å². The maximum absolute atomic E-state index is 14.2. The maximum Gasteiger partial charge on any atom is 0.234 e. The first-order valence-electron chi connectivity index (χ1n) is 9.22. The standard InChI is InChI=1S/C21H21FN4OS/c1-13-7-10-18(14(2)11-13)23-19(27)12-28-21-25-24-20(26(21)15-8-9-15)16-5-3-4-6-17(16)22/h3-7,10-11,15H,8-9,12H2,1-2H3,(H,23,27). The Morgan fingerprint density at radius 3 is 2.71 bits per heavy atom. The molecule has 2 aromatic carbocycles. The number of halogens is 1. The first-order valence-corrected chi connectivity index (χ1v) is 10.2. The van der Waals surface area contributed by atoms with Crippen LogP contribution in [-0.2, 0) is 4.79 Å². The molecule has 0 saturated heterocycles. The van der Waals surface area contributed by atoms with Crippen molar-refractivity contribution >= 4 is 23.4 Å². The maximum atomic E-state index is 14.2. The Labute approximate surface area is 167 Å². The van der Waals surface area contributed by atoms with E-state index in [1.807, 2.05) is 36.6 Å². The fourth-order valence-electron chi connectivity index (χ4n) is 3.13. The van der Waals surface area contributed by atoms with Crippen molar-refractivity contribution in [3.8, 4) is 11.4 Å². The Balaban J connectivity index is 1.49. The Morgan fingerprint density at radius 1 is 1.21 bits per heavy atom. The Hall–Kier alpha value is -2.67. The van der Waals surface area contributed by atoms with Crippen LogP contribution in [0.3, 0.4) is 0 Å². The Morgan fingerprint density at radius 2 is 2.00 bits per heavy atom. The molecule has 144 valence electrons. The number of anilines is 1. The van der Waals surface area contributed by atoms with E-state index in [-0.39, 0.29) is 23.5 Å². The molecular weight excluding hydrogens is 375 g/mol. The average molecular weight is 396 g/mol. The van der Waals surface area contributed by atoms with Crippen LogP contribution in [0.5, 0.6) is 0 Å². The van der Waals surface area contributed by atoms with Gasteiger partial charge in [-0.05, 0) is 50.5 Å². The number of nitrogens with one attached hydrogen (secondary N) is 1. The van der Waals surface area contributed by atoms with Crippen LogP contribution in [-0.4, -0.2) is 26.4 Å². The summed E-state index contributed by atoms with van der Waals surface area (Å²) < 4.78 is 16.2. The van der Waals surface area contributed by atoms with Gasteiger partial charge >= 0.3 is 0 Å². The molecule has 28 heavy (non-hydrogen) atoms. The molecule has 1 amide bonds. The summed E-state index contributed by atoms with van der Waals surface area (Å²) >= 11 is 1.33. The number of benzene rings is 2. The minimum atomic E-state index is -0.319. The minimum Gasteiger partial charge on any atom is -0.325 e. The van der Waals surface area contributed by atoms with Gasteiger partial charge in [0.2, 0.25) is 5.91 Å². The predicted molar refractivity (Wildman–Crippen MR) is 109 cm³/mol. The lowest BCUT2D eigenvalue weighted by atomic mass is 10.1. The fourth-order valence-corrected chi connectivity index (χ4v) is 3.94. The second-order valence-corrected chi connectivity index (χ2v) is 7.98. The second-order valence-electron chi connectivity index (χ2n) is 7.04. The van der Waals surface area contributed by atoms with Crippen LogP contribution >= 0.6 is 11.8 Å². The van der Waals surface area contributed by atoms with Gasteiger partial charge < -0.3 is 5.32 Å². The third-order valence-electron chi connectivity index (χ3n) is 4.68. The van der Waals surface area contributed by atoms with Crippen molar-refractivity contribution in [1.82, 2.24) is 14.8 Å². The normalized spacial score (nSPS) is 13.5. The van der Waals surface area contributed by atoms with Gasteiger partial charge in [-0.25, -0.2) is 4.39 Å². The molecule has 0 unspecified atom stereocenters. The molecule has 1 aromatic heterocycles. The summed E-state index contributed by atoms with van der Waals surface area (Å²) in [5.74, 6) is 0.323. The lowest BCUT2D eigenvalue weighted by molar-refractivity contribution is -0.113. The molecule has 0 spiro atoms. The number of thioether (sulfide) groups is 1. The van der Waals surface area contributed by atoms with Gasteiger partial charge in [0.05, 0.1) is 11.3 Å². The van der Waals surface area contributed by atoms with Gasteiger partial charge in [0, 0.05) is 11.7 Å². The van der Waals surface area contributed by atoms with Crippen molar-refractivity contribution in [1.29, 1.82) is 0 Å². The van der Waals surface area contributed by atoms with Crippen molar-refractivity contribution in [3.05, 3.63) is 59.4 Å². The largest absolute Gasteiger partial charge is 0.325 e. The van der Waals surface area contributed by atoms with Crippen molar-refractivity contribution < 1.29 is 9.18 Å². The summed E-state index contributed by atoms with van der Waals surface area (Å²) in [6.45, 7) is 3.99. The van der Waals surface area contributed by atoms with Crippen molar-refractivity contribution in [2.24, 2.45) is 0 Å². The molecule has 1 N–H and O–H groups in total. The van der Waals surface area contributed by atoms with Gasteiger partial charge in [-0.3, -0.25) is 9.36 Å². The Kier molecular flexibility index (Phi) is 5.17.